The zero-order valence-corrected chi connectivity index (χ0v) is 65.9. The third-order valence-corrected chi connectivity index (χ3v) is 20.7. The van der Waals surface area contributed by atoms with Gasteiger partial charge in [0.05, 0.1) is 26.4 Å². The smallest absolute Gasteiger partial charge is 0.462 e. The largest absolute Gasteiger partial charge is 0.472 e. The quantitative estimate of drug-likeness (QED) is 0.0222. The van der Waals surface area contributed by atoms with Crippen LogP contribution in [-0.2, 0) is 65.4 Å². The maximum absolute atomic E-state index is 13.1. The Kier molecular flexibility index (Phi) is 69.3. The van der Waals surface area contributed by atoms with E-state index in [2.05, 4.69) is 41.5 Å². The lowest BCUT2D eigenvalue weighted by Gasteiger charge is -2.21. The first kappa shape index (κ1) is 96.1. The van der Waals surface area contributed by atoms with Crippen molar-refractivity contribution in [3.05, 3.63) is 0 Å². The molecule has 0 aromatic rings. The van der Waals surface area contributed by atoms with Gasteiger partial charge in [-0.25, -0.2) is 9.13 Å². The summed E-state index contributed by atoms with van der Waals surface area (Å²) in [4.78, 5) is 72.9. The van der Waals surface area contributed by atoms with E-state index in [9.17, 15) is 43.2 Å². The number of phosphoric ester groups is 2. The predicted molar refractivity (Wildman–Crippen MR) is 400 cm³/mol. The molecule has 17 nitrogen and oxygen atoms in total. The second-order valence-corrected chi connectivity index (χ2v) is 32.1. The molecule has 582 valence electrons. The number of aliphatic hydroxyl groups excluding tert-OH is 1. The van der Waals surface area contributed by atoms with Crippen molar-refractivity contribution >= 4 is 39.5 Å². The van der Waals surface area contributed by atoms with E-state index in [1.165, 1.54) is 231 Å². The Morgan fingerprint density at radius 3 is 0.776 bits per heavy atom. The van der Waals surface area contributed by atoms with Gasteiger partial charge in [-0.1, -0.05) is 363 Å². The number of esters is 4. The molecular weight excluding hydrogens is 1280 g/mol. The molecule has 0 heterocycles. The third kappa shape index (κ3) is 71.1. The number of ether oxygens (including phenoxy) is 4. The molecule has 0 rings (SSSR count). The number of hydrogen-bond acceptors (Lipinski definition) is 15. The normalized spacial score (nSPS) is 14.2. The van der Waals surface area contributed by atoms with Crippen molar-refractivity contribution < 1.29 is 80.2 Å². The average molecular weight is 1440 g/mol. The van der Waals surface area contributed by atoms with E-state index in [0.29, 0.717) is 25.7 Å². The van der Waals surface area contributed by atoms with Gasteiger partial charge in [-0.3, -0.25) is 37.3 Å². The van der Waals surface area contributed by atoms with E-state index in [4.69, 9.17) is 37.0 Å². The molecule has 19 heteroatoms. The highest BCUT2D eigenvalue weighted by Gasteiger charge is 2.30. The number of unbranched alkanes of at least 4 members (excludes halogenated alkanes) is 47. The Bertz CT molecular complexity index is 1890. The van der Waals surface area contributed by atoms with Gasteiger partial charge in [-0.15, -0.1) is 0 Å². The van der Waals surface area contributed by atoms with Crippen LogP contribution in [0.25, 0.3) is 0 Å². The number of carbonyl (C=O) groups excluding carboxylic acids is 4. The maximum atomic E-state index is 13.1. The Balaban J connectivity index is 5.23. The van der Waals surface area contributed by atoms with Crippen LogP contribution in [0, 0.1) is 11.8 Å². The van der Waals surface area contributed by atoms with Gasteiger partial charge in [0.25, 0.3) is 0 Å². The van der Waals surface area contributed by atoms with E-state index in [-0.39, 0.29) is 25.7 Å². The summed E-state index contributed by atoms with van der Waals surface area (Å²) in [6.45, 7) is 9.66. The molecule has 98 heavy (non-hydrogen) atoms. The monoisotopic (exact) mass is 1440 g/mol. The maximum Gasteiger partial charge on any atom is 0.472 e. The summed E-state index contributed by atoms with van der Waals surface area (Å²) in [5, 5.41) is 10.6. The van der Waals surface area contributed by atoms with Crippen LogP contribution in [0.2, 0.25) is 0 Å². The molecule has 0 aromatic heterocycles. The van der Waals surface area contributed by atoms with Crippen molar-refractivity contribution in [1.82, 2.24) is 0 Å². The van der Waals surface area contributed by atoms with Crippen molar-refractivity contribution in [2.45, 2.75) is 432 Å². The molecule has 0 saturated heterocycles. The topological polar surface area (TPSA) is 237 Å². The molecule has 0 bridgehead atoms. The predicted octanol–water partition coefficient (Wildman–Crippen LogP) is 23.5. The van der Waals surface area contributed by atoms with Crippen LogP contribution in [0.5, 0.6) is 0 Å². The van der Waals surface area contributed by atoms with Gasteiger partial charge < -0.3 is 33.8 Å². The minimum Gasteiger partial charge on any atom is -0.462 e. The standard InChI is InChI=1S/C79H154O17P2/c1-7-10-12-14-16-18-19-20-21-22-23-27-32-38-44-50-56-62-77(82)90-68-75(96-78(83)63-57-51-45-39-33-28-25-24-26-31-37-42-48-54-60-72(6)9-3)70-94-98(87,88)92-66-73(80)65-91-97(85,86)93-69-74(67-89-76(81)61-55-49-43-35-17-15-13-11-8-2)95-79(84)64-58-52-46-40-34-29-30-36-41-47-53-59-71(4)5/h71-75,80H,7-70H2,1-6H3,(H,85,86)(H,87,88)/t72?,73-,74+,75+/m0/s1. The summed E-state index contributed by atoms with van der Waals surface area (Å²) in [6, 6.07) is 0. The molecule has 0 aliphatic rings. The lowest BCUT2D eigenvalue weighted by molar-refractivity contribution is -0.161. The van der Waals surface area contributed by atoms with Crippen molar-refractivity contribution in [3.8, 4) is 0 Å². The lowest BCUT2D eigenvalue weighted by atomic mass is 9.99. The highest BCUT2D eigenvalue weighted by molar-refractivity contribution is 7.47. The second kappa shape index (κ2) is 70.7. The average Bonchev–Trinajstić information content (AvgIpc) is 1.03. The van der Waals surface area contributed by atoms with Crippen molar-refractivity contribution in [2.24, 2.45) is 11.8 Å². The van der Waals surface area contributed by atoms with Crippen molar-refractivity contribution in [1.29, 1.82) is 0 Å². The van der Waals surface area contributed by atoms with E-state index >= 15 is 0 Å². The molecule has 6 atom stereocenters. The van der Waals surface area contributed by atoms with Crippen LogP contribution >= 0.6 is 15.6 Å². The molecular formula is C79H154O17P2. The van der Waals surface area contributed by atoms with Crippen LogP contribution in [0.3, 0.4) is 0 Å². The van der Waals surface area contributed by atoms with Gasteiger partial charge in [-0.2, -0.15) is 0 Å². The van der Waals surface area contributed by atoms with Gasteiger partial charge in [0, 0.05) is 25.7 Å². The molecule has 0 aliphatic heterocycles. The highest BCUT2D eigenvalue weighted by Crippen LogP contribution is 2.45. The van der Waals surface area contributed by atoms with Crippen LogP contribution in [0.15, 0.2) is 0 Å². The fourth-order valence-electron chi connectivity index (χ4n) is 12.2. The van der Waals surface area contributed by atoms with Crippen LogP contribution in [0.1, 0.15) is 414 Å². The number of aliphatic hydroxyl groups is 1. The zero-order valence-electron chi connectivity index (χ0n) is 64.1. The molecule has 3 unspecified atom stereocenters. The Hall–Kier alpha value is -1.94. The van der Waals surface area contributed by atoms with Crippen molar-refractivity contribution in [3.63, 3.8) is 0 Å². The minimum atomic E-state index is -4.96. The molecule has 0 aliphatic carbocycles. The molecule has 0 aromatic carbocycles. The Labute approximate surface area is 600 Å². The summed E-state index contributed by atoms with van der Waals surface area (Å²) in [5.74, 6) is -0.500. The number of rotatable bonds is 78. The summed E-state index contributed by atoms with van der Waals surface area (Å²) in [6.07, 6.45) is 59.5. The second-order valence-electron chi connectivity index (χ2n) is 29.2. The van der Waals surface area contributed by atoms with E-state index in [1.54, 1.807) is 0 Å². The summed E-state index contributed by atoms with van der Waals surface area (Å²) in [5.41, 5.74) is 0. The molecule has 0 saturated carbocycles. The summed E-state index contributed by atoms with van der Waals surface area (Å²) in [7, 11) is -9.91. The first-order valence-electron chi connectivity index (χ1n) is 41.0. The minimum absolute atomic E-state index is 0.107. The highest BCUT2D eigenvalue weighted by atomic mass is 31.2. The first-order chi connectivity index (χ1) is 47.4. The molecule has 0 amide bonds. The van der Waals surface area contributed by atoms with Gasteiger partial charge in [0.1, 0.15) is 19.3 Å². The third-order valence-electron chi connectivity index (χ3n) is 18.8. The number of hydrogen-bond donors (Lipinski definition) is 3. The van der Waals surface area contributed by atoms with Crippen LogP contribution < -0.4 is 0 Å². The van der Waals surface area contributed by atoms with Crippen LogP contribution in [0.4, 0.5) is 0 Å². The van der Waals surface area contributed by atoms with E-state index in [0.717, 1.165) is 102 Å². The molecule has 0 radical (unpaired) electrons. The molecule has 0 spiro atoms. The van der Waals surface area contributed by atoms with Gasteiger partial charge >= 0.3 is 39.5 Å². The van der Waals surface area contributed by atoms with Gasteiger partial charge in [0.2, 0.25) is 0 Å². The fraction of sp³-hybridized carbons (Fsp3) is 0.949. The zero-order chi connectivity index (χ0) is 72.1. The number of carbonyl (C=O) groups is 4. The summed E-state index contributed by atoms with van der Waals surface area (Å²) >= 11 is 0. The van der Waals surface area contributed by atoms with Gasteiger partial charge in [-0.05, 0) is 37.5 Å². The first-order valence-corrected chi connectivity index (χ1v) is 44.0. The SMILES string of the molecule is CCCCCCCCCCCCCCCCCCCC(=O)OC[C@H](COP(=O)(O)OC[C@@H](O)COP(=O)(O)OC[C@@H](COC(=O)CCCCCCCCCCC)OC(=O)CCCCCCCCCCCCCC(C)C)OC(=O)CCCCCCCCCCCCCCCCC(C)CC. The molecule has 3 N–H and O–H groups in total. The van der Waals surface area contributed by atoms with Crippen molar-refractivity contribution in [2.75, 3.05) is 39.6 Å². The van der Waals surface area contributed by atoms with Gasteiger partial charge in [0.15, 0.2) is 12.2 Å². The fourth-order valence-corrected chi connectivity index (χ4v) is 13.7. The Morgan fingerprint density at radius 2 is 0.520 bits per heavy atom. The van der Waals surface area contributed by atoms with Crippen LogP contribution in [-0.4, -0.2) is 96.7 Å². The Morgan fingerprint density at radius 1 is 0.296 bits per heavy atom. The van der Waals surface area contributed by atoms with E-state index < -0.39 is 97.5 Å². The number of phosphoric acid groups is 2. The summed E-state index contributed by atoms with van der Waals surface area (Å²) < 4.78 is 68.6. The lowest BCUT2D eigenvalue weighted by Crippen LogP contribution is -2.30. The molecule has 0 fully saturated rings. The van der Waals surface area contributed by atoms with E-state index in [1.807, 2.05) is 0 Å².